The van der Waals surface area contributed by atoms with Gasteiger partial charge in [-0.15, -0.1) is 0 Å². The number of hydrogen-bond acceptors (Lipinski definition) is 4. The maximum absolute atomic E-state index is 12.6. The van der Waals surface area contributed by atoms with Crippen molar-refractivity contribution in [2.45, 2.75) is 58.9 Å². The van der Waals surface area contributed by atoms with Crippen molar-refractivity contribution in [1.29, 1.82) is 0 Å². The molecule has 2 saturated heterocycles. The fourth-order valence-electron chi connectivity index (χ4n) is 4.46. The highest BCUT2D eigenvalue weighted by Gasteiger charge is 2.27. The smallest absolute Gasteiger partial charge is 0.236 e. The van der Waals surface area contributed by atoms with Gasteiger partial charge in [-0.05, 0) is 51.7 Å². The summed E-state index contributed by atoms with van der Waals surface area (Å²) in [5.74, 6) is 0.273. The Bertz CT molecular complexity index is 784. The Morgan fingerprint density at radius 2 is 1.67 bits per heavy atom. The molecule has 0 saturated carbocycles. The number of piperidine rings is 1. The summed E-state index contributed by atoms with van der Waals surface area (Å²) >= 11 is 0. The van der Waals surface area contributed by atoms with E-state index in [0.717, 1.165) is 36.1 Å². The summed E-state index contributed by atoms with van der Waals surface area (Å²) < 4.78 is 0. The quantitative estimate of drug-likeness (QED) is 0.673. The van der Waals surface area contributed by atoms with Gasteiger partial charge in [0.25, 0.3) is 0 Å². The lowest BCUT2D eigenvalue weighted by atomic mass is 9.99. The first-order valence-corrected chi connectivity index (χ1v) is 11.2. The Morgan fingerprint density at radius 1 is 0.933 bits per heavy atom. The number of aryl methyl sites for hydroxylation is 2. The molecule has 30 heavy (non-hydrogen) atoms. The van der Waals surface area contributed by atoms with Crippen LogP contribution in [0.4, 0.5) is 0 Å². The molecule has 0 aromatic heterocycles. The van der Waals surface area contributed by atoms with Crippen LogP contribution < -0.4 is 0 Å². The Morgan fingerprint density at radius 3 is 2.37 bits per heavy atom. The lowest BCUT2D eigenvalue weighted by Gasteiger charge is -2.38. The minimum Gasteiger partial charge on any atom is -0.340 e. The summed E-state index contributed by atoms with van der Waals surface area (Å²) in [6.45, 7) is 10.0. The van der Waals surface area contributed by atoms with Crippen LogP contribution in [0.5, 0.6) is 0 Å². The molecule has 6 heteroatoms. The van der Waals surface area contributed by atoms with Crippen molar-refractivity contribution in [3.63, 3.8) is 0 Å². The number of carbonyl (C=O) groups excluding carboxylic acids is 3. The number of piperazine rings is 1. The second-order valence-corrected chi connectivity index (χ2v) is 8.83. The molecule has 2 aliphatic heterocycles. The highest BCUT2D eigenvalue weighted by atomic mass is 16.2. The summed E-state index contributed by atoms with van der Waals surface area (Å²) in [6, 6.07) is 6.19. The van der Waals surface area contributed by atoms with Crippen molar-refractivity contribution >= 4 is 17.6 Å². The molecule has 2 heterocycles. The standard InChI is InChI=1S/C24H35N3O3/c1-18-7-8-19(2)21(16-18)22(28)9-10-23(29)26-14-12-25(13-15-26)17-24(30)27-11-5-4-6-20(27)3/h7-8,16,20H,4-6,9-15,17H2,1-3H3. The fourth-order valence-corrected chi connectivity index (χ4v) is 4.46. The first kappa shape index (κ1) is 22.5. The van der Waals surface area contributed by atoms with Gasteiger partial charge in [0, 0.05) is 57.2 Å². The zero-order valence-electron chi connectivity index (χ0n) is 18.7. The van der Waals surface area contributed by atoms with Crippen LogP contribution in [0, 0.1) is 13.8 Å². The molecule has 1 unspecified atom stereocenters. The van der Waals surface area contributed by atoms with Crippen LogP contribution in [0.25, 0.3) is 0 Å². The van der Waals surface area contributed by atoms with Crippen LogP contribution in [-0.4, -0.2) is 77.6 Å². The van der Waals surface area contributed by atoms with Gasteiger partial charge in [0.15, 0.2) is 5.78 Å². The maximum Gasteiger partial charge on any atom is 0.236 e. The maximum atomic E-state index is 12.6. The SMILES string of the molecule is Cc1ccc(C)c(C(=O)CCC(=O)N2CCN(CC(=O)N3CCCCC3C)CC2)c1. The molecule has 0 radical (unpaired) electrons. The van der Waals surface area contributed by atoms with Crippen molar-refractivity contribution in [1.82, 2.24) is 14.7 Å². The van der Waals surface area contributed by atoms with Gasteiger partial charge in [-0.1, -0.05) is 17.7 Å². The van der Waals surface area contributed by atoms with Gasteiger partial charge in [0.1, 0.15) is 0 Å². The van der Waals surface area contributed by atoms with Gasteiger partial charge in [-0.3, -0.25) is 19.3 Å². The second kappa shape index (κ2) is 10.2. The van der Waals surface area contributed by atoms with Crippen LogP contribution in [0.3, 0.4) is 0 Å². The van der Waals surface area contributed by atoms with Crippen LogP contribution in [0.15, 0.2) is 18.2 Å². The van der Waals surface area contributed by atoms with E-state index in [2.05, 4.69) is 11.8 Å². The average molecular weight is 414 g/mol. The number of likely N-dealkylation sites (tertiary alicyclic amines) is 1. The van der Waals surface area contributed by atoms with Crippen LogP contribution >= 0.6 is 0 Å². The highest BCUT2D eigenvalue weighted by molar-refractivity contribution is 5.99. The number of benzene rings is 1. The monoisotopic (exact) mass is 413 g/mol. The van der Waals surface area contributed by atoms with Gasteiger partial charge >= 0.3 is 0 Å². The molecule has 0 N–H and O–H groups in total. The summed E-state index contributed by atoms with van der Waals surface area (Å²) in [5, 5.41) is 0. The topological polar surface area (TPSA) is 60.9 Å². The molecule has 2 aliphatic rings. The second-order valence-electron chi connectivity index (χ2n) is 8.83. The van der Waals surface area contributed by atoms with E-state index in [-0.39, 0.29) is 30.4 Å². The number of rotatable bonds is 6. The number of Topliss-reactive ketones (excluding diaryl/α,β-unsaturated/α-hetero) is 1. The molecule has 1 atom stereocenters. The van der Waals surface area contributed by atoms with E-state index in [4.69, 9.17) is 0 Å². The highest BCUT2D eigenvalue weighted by Crippen LogP contribution is 2.18. The molecule has 164 valence electrons. The third kappa shape index (κ3) is 5.69. The third-order valence-electron chi connectivity index (χ3n) is 6.47. The molecule has 3 rings (SSSR count). The molecule has 1 aromatic rings. The van der Waals surface area contributed by atoms with E-state index in [9.17, 15) is 14.4 Å². The zero-order chi connectivity index (χ0) is 21.7. The molecule has 0 bridgehead atoms. The van der Waals surface area contributed by atoms with Crippen LogP contribution in [0.1, 0.15) is 60.5 Å². The van der Waals surface area contributed by atoms with Gasteiger partial charge in [-0.25, -0.2) is 0 Å². The van der Waals surface area contributed by atoms with Crippen molar-refractivity contribution in [2.75, 3.05) is 39.3 Å². The number of carbonyl (C=O) groups is 3. The summed E-state index contributed by atoms with van der Waals surface area (Å²) in [5.41, 5.74) is 2.73. The molecular weight excluding hydrogens is 378 g/mol. The molecule has 1 aromatic carbocycles. The first-order chi connectivity index (χ1) is 14.3. The van der Waals surface area contributed by atoms with Crippen molar-refractivity contribution in [3.8, 4) is 0 Å². The van der Waals surface area contributed by atoms with E-state index < -0.39 is 0 Å². The minimum atomic E-state index is 0.0317. The molecule has 2 fully saturated rings. The first-order valence-electron chi connectivity index (χ1n) is 11.2. The van der Waals surface area contributed by atoms with Crippen LogP contribution in [0.2, 0.25) is 0 Å². The Kier molecular flexibility index (Phi) is 7.64. The number of ketones is 1. The van der Waals surface area contributed by atoms with Crippen molar-refractivity contribution in [3.05, 3.63) is 34.9 Å². The normalized spacial score (nSPS) is 20.3. The Balaban J connectivity index is 1.42. The predicted octanol–water partition coefficient (Wildman–Crippen LogP) is 2.81. The molecule has 2 amide bonds. The van der Waals surface area contributed by atoms with Gasteiger partial charge in [0.2, 0.25) is 11.8 Å². The lowest BCUT2D eigenvalue weighted by molar-refractivity contribution is -0.137. The summed E-state index contributed by atoms with van der Waals surface area (Å²) in [4.78, 5) is 43.7. The van der Waals surface area contributed by atoms with Gasteiger partial charge in [0.05, 0.1) is 6.54 Å². The van der Waals surface area contributed by atoms with Crippen molar-refractivity contribution in [2.24, 2.45) is 0 Å². The molecular formula is C24H35N3O3. The zero-order valence-corrected chi connectivity index (χ0v) is 18.7. The summed E-state index contributed by atoms with van der Waals surface area (Å²) in [7, 11) is 0. The number of hydrogen-bond donors (Lipinski definition) is 0. The van der Waals surface area contributed by atoms with Crippen LogP contribution in [-0.2, 0) is 9.59 Å². The third-order valence-corrected chi connectivity index (χ3v) is 6.47. The number of amides is 2. The van der Waals surface area contributed by atoms with E-state index in [1.165, 1.54) is 6.42 Å². The average Bonchev–Trinajstić information content (AvgIpc) is 2.74. The molecule has 0 spiro atoms. The van der Waals surface area contributed by atoms with Gasteiger partial charge in [-0.2, -0.15) is 0 Å². The predicted molar refractivity (Wildman–Crippen MR) is 118 cm³/mol. The van der Waals surface area contributed by atoms with E-state index >= 15 is 0 Å². The van der Waals surface area contributed by atoms with Crippen molar-refractivity contribution < 1.29 is 14.4 Å². The van der Waals surface area contributed by atoms with Gasteiger partial charge < -0.3 is 9.80 Å². The minimum absolute atomic E-state index is 0.0317. The number of nitrogens with zero attached hydrogens (tertiary/aromatic N) is 3. The lowest BCUT2D eigenvalue weighted by Crippen LogP contribution is -2.53. The summed E-state index contributed by atoms with van der Waals surface area (Å²) in [6.07, 6.45) is 3.89. The van der Waals surface area contributed by atoms with E-state index in [1.807, 2.05) is 41.8 Å². The van der Waals surface area contributed by atoms with E-state index in [0.29, 0.717) is 38.8 Å². The fraction of sp³-hybridized carbons (Fsp3) is 0.625. The molecule has 6 nitrogen and oxygen atoms in total. The van der Waals surface area contributed by atoms with E-state index in [1.54, 1.807) is 0 Å². The molecule has 0 aliphatic carbocycles. The largest absolute Gasteiger partial charge is 0.340 e. The Hall–Kier alpha value is -2.21. The Labute approximate surface area is 180 Å².